The topological polar surface area (TPSA) is 80.9 Å². The van der Waals surface area contributed by atoms with Gasteiger partial charge in [-0.05, 0) is 31.6 Å². The Morgan fingerprint density at radius 2 is 2.00 bits per heavy atom. The van der Waals surface area contributed by atoms with E-state index in [1.807, 2.05) is 13.8 Å². The zero-order valence-corrected chi connectivity index (χ0v) is 11.6. The SMILES string of the molecule is CC(C)C(Nc1ncnc2c1CCCCC2)C(N)=O. The number of nitrogens with two attached hydrogens (primary N) is 1. The number of primary amides is 1. The summed E-state index contributed by atoms with van der Waals surface area (Å²) in [5, 5.41) is 3.21. The standard InChI is InChI=1S/C14H22N4O/c1-9(2)12(13(15)19)18-14-10-6-4-3-5-7-11(10)16-8-17-14/h8-9,12H,3-7H2,1-2H3,(H2,15,19)(H,16,17,18). The molecule has 1 aliphatic carbocycles. The van der Waals surface area contributed by atoms with Crippen LogP contribution in [0, 0.1) is 5.92 Å². The van der Waals surface area contributed by atoms with Crippen LogP contribution in [-0.2, 0) is 17.6 Å². The molecule has 0 saturated carbocycles. The zero-order valence-electron chi connectivity index (χ0n) is 11.6. The van der Waals surface area contributed by atoms with E-state index in [2.05, 4.69) is 15.3 Å². The van der Waals surface area contributed by atoms with Gasteiger partial charge < -0.3 is 11.1 Å². The van der Waals surface area contributed by atoms with E-state index in [0.29, 0.717) is 0 Å². The molecule has 19 heavy (non-hydrogen) atoms. The van der Waals surface area contributed by atoms with Crippen molar-refractivity contribution in [2.75, 3.05) is 5.32 Å². The van der Waals surface area contributed by atoms with E-state index < -0.39 is 0 Å². The number of nitrogens with zero attached hydrogens (tertiary/aromatic N) is 2. The predicted octanol–water partition coefficient (Wildman–Crippen LogP) is 1.67. The molecule has 1 aromatic heterocycles. The largest absolute Gasteiger partial charge is 0.368 e. The van der Waals surface area contributed by atoms with Crippen molar-refractivity contribution in [2.24, 2.45) is 11.7 Å². The first-order valence-electron chi connectivity index (χ1n) is 6.98. The smallest absolute Gasteiger partial charge is 0.240 e. The van der Waals surface area contributed by atoms with Gasteiger partial charge in [0.1, 0.15) is 18.2 Å². The van der Waals surface area contributed by atoms with Crippen LogP contribution in [0.3, 0.4) is 0 Å². The van der Waals surface area contributed by atoms with Crippen LogP contribution in [0.5, 0.6) is 0 Å². The van der Waals surface area contributed by atoms with Gasteiger partial charge in [0, 0.05) is 11.3 Å². The molecule has 0 saturated heterocycles. The molecule has 1 atom stereocenters. The number of carbonyl (C=O) groups is 1. The van der Waals surface area contributed by atoms with Crippen molar-refractivity contribution in [1.29, 1.82) is 0 Å². The number of amides is 1. The highest BCUT2D eigenvalue weighted by Gasteiger charge is 2.22. The highest BCUT2D eigenvalue weighted by molar-refractivity contribution is 5.83. The van der Waals surface area contributed by atoms with Gasteiger partial charge in [0.05, 0.1) is 0 Å². The molecule has 0 spiro atoms. The monoisotopic (exact) mass is 262 g/mol. The summed E-state index contributed by atoms with van der Waals surface area (Å²) in [7, 11) is 0. The number of aryl methyl sites for hydroxylation is 1. The van der Waals surface area contributed by atoms with Crippen LogP contribution in [-0.4, -0.2) is 21.9 Å². The molecule has 1 heterocycles. The van der Waals surface area contributed by atoms with Gasteiger partial charge in [-0.15, -0.1) is 0 Å². The van der Waals surface area contributed by atoms with Crippen molar-refractivity contribution in [3.05, 3.63) is 17.6 Å². The van der Waals surface area contributed by atoms with Gasteiger partial charge >= 0.3 is 0 Å². The Morgan fingerprint density at radius 1 is 1.26 bits per heavy atom. The average molecular weight is 262 g/mol. The average Bonchev–Trinajstić information content (AvgIpc) is 2.60. The lowest BCUT2D eigenvalue weighted by atomic mass is 10.0. The number of carbonyl (C=O) groups excluding carboxylic acids is 1. The van der Waals surface area contributed by atoms with Crippen LogP contribution in [0.15, 0.2) is 6.33 Å². The third-order valence-corrected chi connectivity index (χ3v) is 3.64. The van der Waals surface area contributed by atoms with Gasteiger partial charge in [-0.1, -0.05) is 20.3 Å². The molecule has 1 aliphatic rings. The summed E-state index contributed by atoms with van der Waals surface area (Å²) < 4.78 is 0. The maximum Gasteiger partial charge on any atom is 0.240 e. The predicted molar refractivity (Wildman–Crippen MR) is 74.7 cm³/mol. The molecule has 1 aromatic rings. The van der Waals surface area contributed by atoms with E-state index in [1.54, 1.807) is 6.33 Å². The molecule has 1 unspecified atom stereocenters. The summed E-state index contributed by atoms with van der Waals surface area (Å²) in [6, 6.07) is -0.387. The second-order valence-electron chi connectivity index (χ2n) is 5.48. The number of anilines is 1. The number of aromatic nitrogens is 2. The minimum Gasteiger partial charge on any atom is -0.368 e. The van der Waals surface area contributed by atoms with Gasteiger partial charge in [-0.2, -0.15) is 0 Å². The quantitative estimate of drug-likeness (QED) is 0.809. The number of hydrogen-bond donors (Lipinski definition) is 2. The molecule has 0 radical (unpaired) electrons. The van der Waals surface area contributed by atoms with E-state index in [4.69, 9.17) is 5.73 Å². The highest BCUT2D eigenvalue weighted by atomic mass is 16.1. The summed E-state index contributed by atoms with van der Waals surface area (Å²) >= 11 is 0. The molecule has 5 heteroatoms. The molecule has 0 fully saturated rings. The molecule has 0 aromatic carbocycles. The Morgan fingerprint density at radius 3 is 2.68 bits per heavy atom. The van der Waals surface area contributed by atoms with Gasteiger partial charge in [-0.3, -0.25) is 4.79 Å². The summed E-state index contributed by atoms with van der Waals surface area (Å²) in [4.78, 5) is 20.2. The zero-order chi connectivity index (χ0) is 13.8. The van der Waals surface area contributed by atoms with Crippen LogP contribution >= 0.6 is 0 Å². The minimum absolute atomic E-state index is 0.133. The third-order valence-electron chi connectivity index (χ3n) is 3.64. The highest BCUT2D eigenvalue weighted by Crippen LogP contribution is 2.24. The Labute approximate surface area is 114 Å². The molecule has 0 aliphatic heterocycles. The van der Waals surface area contributed by atoms with Crippen molar-refractivity contribution in [3.63, 3.8) is 0 Å². The van der Waals surface area contributed by atoms with E-state index >= 15 is 0 Å². The van der Waals surface area contributed by atoms with Crippen molar-refractivity contribution in [2.45, 2.75) is 52.0 Å². The lowest BCUT2D eigenvalue weighted by molar-refractivity contribution is -0.119. The fourth-order valence-corrected chi connectivity index (χ4v) is 2.54. The van der Waals surface area contributed by atoms with E-state index in [-0.39, 0.29) is 17.9 Å². The summed E-state index contributed by atoms with van der Waals surface area (Å²) in [6.45, 7) is 3.95. The Kier molecular flexibility index (Phi) is 4.35. The fraction of sp³-hybridized carbons (Fsp3) is 0.643. The van der Waals surface area contributed by atoms with E-state index in [0.717, 1.165) is 36.3 Å². The summed E-state index contributed by atoms with van der Waals surface area (Å²) in [5.74, 6) is 0.578. The van der Waals surface area contributed by atoms with Crippen molar-refractivity contribution in [1.82, 2.24) is 9.97 Å². The molecule has 104 valence electrons. The summed E-state index contributed by atoms with van der Waals surface area (Å²) in [5.41, 5.74) is 7.72. The second kappa shape index (κ2) is 5.99. The maximum absolute atomic E-state index is 11.5. The van der Waals surface area contributed by atoms with Gasteiger partial charge in [0.2, 0.25) is 5.91 Å². The molecular formula is C14H22N4O. The van der Waals surface area contributed by atoms with Crippen LogP contribution < -0.4 is 11.1 Å². The van der Waals surface area contributed by atoms with Gasteiger partial charge in [-0.25, -0.2) is 9.97 Å². The van der Waals surface area contributed by atoms with Crippen LogP contribution in [0.2, 0.25) is 0 Å². The fourth-order valence-electron chi connectivity index (χ4n) is 2.54. The minimum atomic E-state index is -0.387. The van der Waals surface area contributed by atoms with E-state index in [1.165, 1.54) is 12.8 Å². The first kappa shape index (κ1) is 13.8. The Balaban J connectivity index is 2.27. The Bertz CT molecular complexity index is 459. The Hall–Kier alpha value is -1.65. The maximum atomic E-state index is 11.5. The molecule has 0 bridgehead atoms. The normalized spacial score (nSPS) is 16.6. The number of nitrogens with one attached hydrogen (secondary N) is 1. The molecule has 2 rings (SSSR count). The van der Waals surface area contributed by atoms with Gasteiger partial charge in [0.25, 0.3) is 0 Å². The number of hydrogen-bond acceptors (Lipinski definition) is 4. The third kappa shape index (κ3) is 3.22. The molecule has 5 nitrogen and oxygen atoms in total. The number of fused-ring (bicyclic) bond motifs is 1. The van der Waals surface area contributed by atoms with Gasteiger partial charge in [0.15, 0.2) is 0 Å². The molecule has 1 amide bonds. The van der Waals surface area contributed by atoms with Crippen LogP contribution in [0.1, 0.15) is 44.4 Å². The van der Waals surface area contributed by atoms with Crippen molar-refractivity contribution in [3.8, 4) is 0 Å². The first-order chi connectivity index (χ1) is 9.09. The lowest BCUT2D eigenvalue weighted by Gasteiger charge is -2.21. The summed E-state index contributed by atoms with van der Waals surface area (Å²) in [6.07, 6.45) is 7.09. The van der Waals surface area contributed by atoms with Crippen LogP contribution in [0.4, 0.5) is 5.82 Å². The molecule has 3 N–H and O–H groups in total. The van der Waals surface area contributed by atoms with E-state index in [9.17, 15) is 4.79 Å². The lowest BCUT2D eigenvalue weighted by Crippen LogP contribution is -2.40. The molecular weight excluding hydrogens is 240 g/mol. The van der Waals surface area contributed by atoms with Crippen LogP contribution in [0.25, 0.3) is 0 Å². The van der Waals surface area contributed by atoms with Crippen molar-refractivity contribution < 1.29 is 4.79 Å². The van der Waals surface area contributed by atoms with Crippen molar-refractivity contribution >= 4 is 11.7 Å². The second-order valence-corrected chi connectivity index (χ2v) is 5.48. The first-order valence-corrected chi connectivity index (χ1v) is 6.98. The number of rotatable bonds is 4.